The van der Waals surface area contributed by atoms with E-state index < -0.39 is 0 Å². The van der Waals surface area contributed by atoms with Gasteiger partial charge in [0.15, 0.2) is 0 Å². The van der Waals surface area contributed by atoms with Gasteiger partial charge in [-0.3, -0.25) is 0 Å². The Balaban J connectivity index is 2.81. The zero-order valence-corrected chi connectivity index (χ0v) is 11.0. The molecule has 1 atom stereocenters. The van der Waals surface area contributed by atoms with Gasteiger partial charge in [0.25, 0.3) is 0 Å². The molecule has 0 spiro atoms. The van der Waals surface area contributed by atoms with Crippen LogP contribution in [-0.4, -0.2) is 35.2 Å². The van der Waals surface area contributed by atoms with E-state index in [9.17, 15) is 0 Å². The van der Waals surface area contributed by atoms with Crippen molar-refractivity contribution in [2.45, 2.75) is 27.2 Å². The molecule has 96 valence electrons. The summed E-state index contributed by atoms with van der Waals surface area (Å²) in [4.78, 5) is 14.2. The minimum atomic E-state index is 0.189. The molecule has 0 aliphatic heterocycles. The Bertz CT molecular complexity index is 358. The monoisotopic (exact) mass is 239 g/mol. The molecule has 0 aliphatic rings. The van der Waals surface area contributed by atoms with Gasteiger partial charge in [-0.1, -0.05) is 20.3 Å². The standard InChI is InChI=1S/C11H21N5O/c1-5-8(3)7-16(4)10-13-9(12)14-11(15-10)17-6-2/h8H,5-7H2,1-4H3,(H2,12,13,14,15). The fourth-order valence-electron chi connectivity index (χ4n) is 1.40. The second-order valence-corrected chi connectivity index (χ2v) is 4.10. The summed E-state index contributed by atoms with van der Waals surface area (Å²) in [6.45, 7) is 7.61. The number of hydrogen-bond donors (Lipinski definition) is 1. The smallest absolute Gasteiger partial charge is 0.323 e. The van der Waals surface area contributed by atoms with Crippen LogP contribution in [0.4, 0.5) is 11.9 Å². The van der Waals surface area contributed by atoms with E-state index in [0.29, 0.717) is 18.5 Å². The number of rotatable bonds is 6. The summed E-state index contributed by atoms with van der Waals surface area (Å²) in [5.41, 5.74) is 5.62. The third kappa shape index (κ3) is 4.05. The second kappa shape index (κ2) is 6.22. The quantitative estimate of drug-likeness (QED) is 0.807. The van der Waals surface area contributed by atoms with Crippen LogP contribution in [-0.2, 0) is 0 Å². The maximum Gasteiger partial charge on any atom is 0.323 e. The van der Waals surface area contributed by atoms with Gasteiger partial charge in [0.2, 0.25) is 11.9 Å². The first kappa shape index (κ1) is 13.5. The van der Waals surface area contributed by atoms with E-state index in [1.54, 1.807) is 0 Å². The molecule has 0 saturated heterocycles. The lowest BCUT2D eigenvalue weighted by Gasteiger charge is -2.20. The topological polar surface area (TPSA) is 77.2 Å². The predicted molar refractivity (Wildman–Crippen MR) is 68.1 cm³/mol. The van der Waals surface area contributed by atoms with E-state index in [2.05, 4.69) is 28.8 Å². The van der Waals surface area contributed by atoms with Gasteiger partial charge in [0.05, 0.1) is 6.61 Å². The Morgan fingerprint density at radius 2 is 2.00 bits per heavy atom. The second-order valence-electron chi connectivity index (χ2n) is 4.10. The zero-order chi connectivity index (χ0) is 12.8. The third-order valence-corrected chi connectivity index (χ3v) is 2.52. The SMILES string of the molecule is CCOc1nc(N)nc(N(C)CC(C)CC)n1. The average Bonchev–Trinajstić information content (AvgIpc) is 2.28. The highest BCUT2D eigenvalue weighted by atomic mass is 16.5. The summed E-state index contributed by atoms with van der Waals surface area (Å²) < 4.78 is 5.24. The Kier molecular flexibility index (Phi) is 4.93. The molecule has 1 aromatic rings. The molecular formula is C11H21N5O. The molecule has 1 unspecified atom stereocenters. The summed E-state index contributed by atoms with van der Waals surface area (Å²) in [5.74, 6) is 1.32. The normalized spacial score (nSPS) is 12.2. The highest BCUT2D eigenvalue weighted by molar-refractivity contribution is 5.34. The van der Waals surface area contributed by atoms with Crippen LogP contribution in [0, 0.1) is 5.92 Å². The molecule has 6 heteroatoms. The summed E-state index contributed by atoms with van der Waals surface area (Å²) in [5, 5.41) is 0. The molecule has 1 aromatic heterocycles. The lowest BCUT2D eigenvalue weighted by atomic mass is 10.1. The van der Waals surface area contributed by atoms with E-state index in [0.717, 1.165) is 13.0 Å². The van der Waals surface area contributed by atoms with Crippen molar-refractivity contribution < 1.29 is 4.74 Å². The van der Waals surface area contributed by atoms with Crippen molar-refractivity contribution in [3.63, 3.8) is 0 Å². The van der Waals surface area contributed by atoms with Crippen LogP contribution in [0.3, 0.4) is 0 Å². The molecular weight excluding hydrogens is 218 g/mol. The van der Waals surface area contributed by atoms with Gasteiger partial charge in [-0.05, 0) is 12.8 Å². The predicted octanol–water partition coefficient (Wildman–Crippen LogP) is 1.33. The van der Waals surface area contributed by atoms with Gasteiger partial charge in [-0.15, -0.1) is 0 Å². The van der Waals surface area contributed by atoms with Gasteiger partial charge in [-0.25, -0.2) is 0 Å². The maximum atomic E-state index is 5.62. The first-order chi connectivity index (χ1) is 8.06. The van der Waals surface area contributed by atoms with Crippen LogP contribution in [0.1, 0.15) is 27.2 Å². The van der Waals surface area contributed by atoms with Gasteiger partial charge < -0.3 is 15.4 Å². The van der Waals surface area contributed by atoms with Crippen molar-refractivity contribution in [3.05, 3.63) is 0 Å². The number of nitrogen functional groups attached to an aromatic ring is 1. The van der Waals surface area contributed by atoms with Crippen LogP contribution >= 0.6 is 0 Å². The fraction of sp³-hybridized carbons (Fsp3) is 0.727. The van der Waals surface area contributed by atoms with Crippen molar-refractivity contribution in [2.24, 2.45) is 5.92 Å². The van der Waals surface area contributed by atoms with Gasteiger partial charge in [0.1, 0.15) is 0 Å². The highest BCUT2D eigenvalue weighted by Gasteiger charge is 2.11. The molecule has 0 saturated carbocycles. The summed E-state index contributed by atoms with van der Waals surface area (Å²) >= 11 is 0. The number of nitrogens with two attached hydrogens (primary N) is 1. The minimum Gasteiger partial charge on any atom is -0.464 e. The highest BCUT2D eigenvalue weighted by Crippen LogP contribution is 2.14. The van der Waals surface area contributed by atoms with E-state index in [4.69, 9.17) is 10.5 Å². The first-order valence-electron chi connectivity index (χ1n) is 5.92. The van der Waals surface area contributed by atoms with Gasteiger partial charge >= 0.3 is 6.01 Å². The Hall–Kier alpha value is -1.59. The summed E-state index contributed by atoms with van der Waals surface area (Å²) in [7, 11) is 1.94. The minimum absolute atomic E-state index is 0.189. The van der Waals surface area contributed by atoms with Crippen molar-refractivity contribution in [1.82, 2.24) is 15.0 Å². The van der Waals surface area contributed by atoms with Crippen LogP contribution in [0.15, 0.2) is 0 Å². The largest absolute Gasteiger partial charge is 0.464 e. The van der Waals surface area contributed by atoms with Gasteiger partial charge in [-0.2, -0.15) is 15.0 Å². The zero-order valence-electron chi connectivity index (χ0n) is 11.0. The Morgan fingerprint density at radius 1 is 1.29 bits per heavy atom. The van der Waals surface area contributed by atoms with E-state index in [-0.39, 0.29) is 12.0 Å². The van der Waals surface area contributed by atoms with Gasteiger partial charge in [0, 0.05) is 13.6 Å². The summed E-state index contributed by atoms with van der Waals surface area (Å²) in [6, 6.07) is 0.283. The molecule has 17 heavy (non-hydrogen) atoms. The third-order valence-electron chi connectivity index (χ3n) is 2.52. The lowest BCUT2D eigenvalue weighted by molar-refractivity contribution is 0.312. The maximum absolute atomic E-state index is 5.62. The van der Waals surface area contributed by atoms with Crippen LogP contribution in [0.2, 0.25) is 0 Å². The Morgan fingerprint density at radius 3 is 2.59 bits per heavy atom. The van der Waals surface area contributed by atoms with Crippen LogP contribution in [0.5, 0.6) is 6.01 Å². The molecule has 1 rings (SSSR count). The number of nitrogens with zero attached hydrogens (tertiary/aromatic N) is 4. The molecule has 0 radical (unpaired) electrons. The summed E-state index contributed by atoms with van der Waals surface area (Å²) in [6.07, 6.45) is 1.11. The lowest BCUT2D eigenvalue weighted by Crippen LogP contribution is -2.26. The molecule has 0 bridgehead atoms. The van der Waals surface area contributed by atoms with E-state index >= 15 is 0 Å². The van der Waals surface area contributed by atoms with Crippen molar-refractivity contribution in [2.75, 3.05) is 30.8 Å². The first-order valence-corrected chi connectivity index (χ1v) is 5.92. The molecule has 0 aliphatic carbocycles. The number of ether oxygens (including phenoxy) is 1. The molecule has 0 amide bonds. The Labute approximate surface area is 102 Å². The molecule has 6 nitrogen and oxygen atoms in total. The number of aromatic nitrogens is 3. The van der Waals surface area contributed by atoms with E-state index in [1.165, 1.54) is 0 Å². The molecule has 0 fully saturated rings. The number of anilines is 2. The van der Waals surface area contributed by atoms with Crippen LogP contribution in [0.25, 0.3) is 0 Å². The molecule has 2 N–H and O–H groups in total. The van der Waals surface area contributed by atoms with Crippen molar-refractivity contribution in [1.29, 1.82) is 0 Å². The number of hydrogen-bond acceptors (Lipinski definition) is 6. The molecule has 1 heterocycles. The fourth-order valence-corrected chi connectivity index (χ4v) is 1.40. The van der Waals surface area contributed by atoms with Crippen molar-refractivity contribution >= 4 is 11.9 Å². The molecule has 0 aromatic carbocycles. The van der Waals surface area contributed by atoms with Crippen LogP contribution < -0.4 is 15.4 Å². The average molecular weight is 239 g/mol. The van der Waals surface area contributed by atoms with Crippen molar-refractivity contribution in [3.8, 4) is 6.01 Å². The van der Waals surface area contributed by atoms with E-state index in [1.807, 2.05) is 18.9 Å².